The molecular formula is C19H24N2O3. The van der Waals surface area contributed by atoms with Gasteiger partial charge in [0.05, 0.1) is 11.1 Å². The lowest BCUT2D eigenvalue weighted by Gasteiger charge is -2.25. The van der Waals surface area contributed by atoms with Crippen molar-refractivity contribution in [3.8, 4) is 0 Å². The van der Waals surface area contributed by atoms with Crippen molar-refractivity contribution in [1.82, 2.24) is 9.80 Å². The number of amides is 3. The summed E-state index contributed by atoms with van der Waals surface area (Å²) in [4.78, 5) is 40.1. The van der Waals surface area contributed by atoms with Gasteiger partial charge in [0, 0.05) is 26.1 Å². The summed E-state index contributed by atoms with van der Waals surface area (Å²) < 4.78 is 0. The maximum absolute atomic E-state index is 12.4. The molecule has 1 fully saturated rings. The summed E-state index contributed by atoms with van der Waals surface area (Å²) in [5, 5.41) is 0. The molecule has 1 aromatic rings. The van der Waals surface area contributed by atoms with E-state index in [1.54, 1.807) is 12.1 Å². The normalized spacial score (nSPS) is 17.9. The number of rotatable bonds is 6. The van der Waals surface area contributed by atoms with E-state index >= 15 is 0 Å². The predicted octanol–water partition coefficient (Wildman–Crippen LogP) is 2.63. The predicted molar refractivity (Wildman–Crippen MR) is 90.7 cm³/mol. The minimum atomic E-state index is -0.248. The van der Waals surface area contributed by atoms with Crippen LogP contribution in [0.5, 0.6) is 0 Å². The molecule has 1 saturated carbocycles. The van der Waals surface area contributed by atoms with Crippen LogP contribution in [0, 0.1) is 12.8 Å². The van der Waals surface area contributed by atoms with Crippen molar-refractivity contribution in [2.75, 3.05) is 13.6 Å². The SMILES string of the molecule is Cc1ccc2c(c1)C(=O)N(CCCC(=O)N(C)C(C)C1CC1)C2=O. The van der Waals surface area contributed by atoms with Gasteiger partial charge in [-0.25, -0.2) is 0 Å². The Hall–Kier alpha value is -2.17. The maximum atomic E-state index is 12.4. The summed E-state index contributed by atoms with van der Waals surface area (Å²) in [6.07, 6.45) is 3.27. The summed E-state index contributed by atoms with van der Waals surface area (Å²) in [5.74, 6) is 0.230. The average molecular weight is 328 g/mol. The highest BCUT2D eigenvalue weighted by molar-refractivity contribution is 6.21. The Kier molecular flexibility index (Phi) is 4.43. The fourth-order valence-electron chi connectivity index (χ4n) is 3.29. The quantitative estimate of drug-likeness (QED) is 0.754. The summed E-state index contributed by atoms with van der Waals surface area (Å²) in [7, 11) is 1.84. The smallest absolute Gasteiger partial charge is 0.261 e. The fraction of sp³-hybridized carbons (Fsp3) is 0.526. The van der Waals surface area contributed by atoms with Crippen LogP contribution in [0.15, 0.2) is 18.2 Å². The Bertz CT molecular complexity index is 694. The van der Waals surface area contributed by atoms with Crippen LogP contribution in [0.25, 0.3) is 0 Å². The van der Waals surface area contributed by atoms with Gasteiger partial charge < -0.3 is 4.90 Å². The van der Waals surface area contributed by atoms with Gasteiger partial charge in [0.2, 0.25) is 5.91 Å². The summed E-state index contributed by atoms with van der Waals surface area (Å²) in [6.45, 7) is 4.28. The lowest BCUT2D eigenvalue weighted by Crippen LogP contribution is -2.37. The number of imide groups is 1. The van der Waals surface area contributed by atoms with Crippen molar-refractivity contribution in [2.24, 2.45) is 5.92 Å². The molecule has 1 aliphatic heterocycles. The number of hydrogen-bond acceptors (Lipinski definition) is 3. The van der Waals surface area contributed by atoms with Crippen molar-refractivity contribution >= 4 is 17.7 Å². The Morgan fingerprint density at radius 1 is 1.25 bits per heavy atom. The van der Waals surface area contributed by atoms with E-state index in [4.69, 9.17) is 0 Å². The Labute approximate surface area is 142 Å². The number of hydrogen-bond donors (Lipinski definition) is 0. The second kappa shape index (κ2) is 6.38. The van der Waals surface area contributed by atoms with Gasteiger partial charge in [0.15, 0.2) is 0 Å². The topological polar surface area (TPSA) is 57.7 Å². The van der Waals surface area contributed by atoms with E-state index in [-0.39, 0.29) is 23.8 Å². The number of nitrogens with zero attached hydrogens (tertiary/aromatic N) is 2. The molecule has 2 aliphatic rings. The molecule has 0 N–H and O–H groups in total. The number of fused-ring (bicyclic) bond motifs is 1. The molecule has 5 heteroatoms. The molecule has 5 nitrogen and oxygen atoms in total. The van der Waals surface area contributed by atoms with Gasteiger partial charge in [0.1, 0.15) is 0 Å². The molecule has 0 spiro atoms. The molecule has 1 heterocycles. The highest BCUT2D eigenvalue weighted by atomic mass is 16.2. The first-order valence-corrected chi connectivity index (χ1v) is 8.62. The van der Waals surface area contributed by atoms with Crippen molar-refractivity contribution in [1.29, 1.82) is 0 Å². The first-order chi connectivity index (χ1) is 11.4. The van der Waals surface area contributed by atoms with Gasteiger partial charge in [-0.05, 0) is 51.2 Å². The average Bonchev–Trinajstić information content (AvgIpc) is 3.37. The van der Waals surface area contributed by atoms with Crippen LogP contribution in [-0.4, -0.2) is 47.2 Å². The van der Waals surface area contributed by atoms with Crippen molar-refractivity contribution < 1.29 is 14.4 Å². The number of carbonyl (C=O) groups is 3. The second-order valence-electron chi connectivity index (χ2n) is 7.00. The van der Waals surface area contributed by atoms with Gasteiger partial charge in [-0.15, -0.1) is 0 Å². The van der Waals surface area contributed by atoms with E-state index in [2.05, 4.69) is 6.92 Å². The Morgan fingerprint density at radius 2 is 1.92 bits per heavy atom. The van der Waals surface area contributed by atoms with Crippen LogP contribution >= 0.6 is 0 Å². The fourth-order valence-corrected chi connectivity index (χ4v) is 3.29. The third kappa shape index (κ3) is 3.07. The lowest BCUT2D eigenvalue weighted by atomic mass is 10.1. The molecule has 1 atom stereocenters. The van der Waals surface area contributed by atoms with Gasteiger partial charge in [-0.3, -0.25) is 19.3 Å². The highest BCUT2D eigenvalue weighted by Crippen LogP contribution is 2.34. The van der Waals surface area contributed by atoms with Crippen LogP contribution in [0.2, 0.25) is 0 Å². The molecule has 1 unspecified atom stereocenters. The Balaban J connectivity index is 1.55. The minimum Gasteiger partial charge on any atom is -0.343 e. The molecule has 0 bridgehead atoms. The Morgan fingerprint density at radius 3 is 2.58 bits per heavy atom. The van der Waals surface area contributed by atoms with E-state index in [0.717, 1.165) is 5.56 Å². The van der Waals surface area contributed by atoms with Crippen LogP contribution in [-0.2, 0) is 4.79 Å². The van der Waals surface area contributed by atoms with Crippen molar-refractivity contribution in [2.45, 2.75) is 45.6 Å². The maximum Gasteiger partial charge on any atom is 0.261 e. The molecule has 0 radical (unpaired) electrons. The standard InChI is InChI=1S/C19H24N2O3/c1-12-6-9-15-16(11-12)19(24)21(18(15)23)10-4-5-17(22)20(3)13(2)14-7-8-14/h6,9,11,13-14H,4-5,7-8,10H2,1-3H3. The van der Waals surface area contributed by atoms with Gasteiger partial charge in [-0.1, -0.05) is 11.6 Å². The van der Waals surface area contributed by atoms with Crippen molar-refractivity contribution in [3.63, 3.8) is 0 Å². The molecule has 24 heavy (non-hydrogen) atoms. The summed E-state index contributed by atoms with van der Waals surface area (Å²) in [6, 6.07) is 5.58. The number of carbonyl (C=O) groups excluding carboxylic acids is 3. The summed E-state index contributed by atoms with van der Waals surface area (Å²) >= 11 is 0. The van der Waals surface area contributed by atoms with Gasteiger partial charge >= 0.3 is 0 Å². The van der Waals surface area contributed by atoms with Gasteiger partial charge in [0.25, 0.3) is 11.8 Å². The zero-order chi connectivity index (χ0) is 17.4. The molecule has 1 aliphatic carbocycles. The van der Waals surface area contributed by atoms with Crippen LogP contribution in [0.1, 0.15) is 58.9 Å². The third-order valence-electron chi connectivity index (χ3n) is 5.21. The zero-order valence-corrected chi connectivity index (χ0v) is 14.5. The monoisotopic (exact) mass is 328 g/mol. The molecule has 128 valence electrons. The number of benzene rings is 1. The summed E-state index contributed by atoms with van der Waals surface area (Å²) in [5.41, 5.74) is 1.91. The molecule has 1 aromatic carbocycles. The zero-order valence-electron chi connectivity index (χ0n) is 14.5. The van der Waals surface area contributed by atoms with E-state index < -0.39 is 0 Å². The highest BCUT2D eigenvalue weighted by Gasteiger charge is 2.35. The molecular weight excluding hydrogens is 304 g/mol. The van der Waals surface area contributed by atoms with Gasteiger partial charge in [-0.2, -0.15) is 0 Å². The second-order valence-corrected chi connectivity index (χ2v) is 7.00. The lowest BCUT2D eigenvalue weighted by molar-refractivity contribution is -0.132. The minimum absolute atomic E-state index is 0.0850. The van der Waals surface area contributed by atoms with Crippen LogP contribution in [0.3, 0.4) is 0 Å². The van der Waals surface area contributed by atoms with E-state index in [0.29, 0.717) is 36.4 Å². The molecule has 3 amide bonds. The third-order valence-corrected chi connectivity index (χ3v) is 5.21. The van der Waals surface area contributed by atoms with E-state index in [1.807, 2.05) is 24.9 Å². The van der Waals surface area contributed by atoms with E-state index in [9.17, 15) is 14.4 Å². The van der Waals surface area contributed by atoms with E-state index in [1.165, 1.54) is 17.7 Å². The first kappa shape index (κ1) is 16.7. The largest absolute Gasteiger partial charge is 0.343 e. The first-order valence-electron chi connectivity index (χ1n) is 8.62. The van der Waals surface area contributed by atoms with Crippen molar-refractivity contribution in [3.05, 3.63) is 34.9 Å². The molecule has 0 aromatic heterocycles. The number of aryl methyl sites for hydroxylation is 1. The molecule has 0 saturated heterocycles. The molecule has 3 rings (SSSR count). The van der Waals surface area contributed by atoms with Crippen LogP contribution in [0.4, 0.5) is 0 Å². The van der Waals surface area contributed by atoms with Crippen LogP contribution < -0.4 is 0 Å².